The molecule has 1 atom stereocenters. The summed E-state index contributed by atoms with van der Waals surface area (Å²) >= 11 is 1.05. The van der Waals surface area contributed by atoms with Crippen molar-refractivity contribution in [2.45, 2.75) is 5.92 Å². The predicted octanol–water partition coefficient (Wildman–Crippen LogP) is 0.00888. The van der Waals surface area contributed by atoms with Crippen LogP contribution in [0.2, 0.25) is 0 Å². The number of nitriles is 1. The van der Waals surface area contributed by atoms with E-state index in [4.69, 9.17) is 20.3 Å². The van der Waals surface area contributed by atoms with Crippen molar-refractivity contribution in [3.8, 4) is 6.07 Å². The van der Waals surface area contributed by atoms with E-state index in [1.807, 2.05) is 6.07 Å². The van der Waals surface area contributed by atoms with Crippen LogP contribution in [0.3, 0.4) is 0 Å². The van der Waals surface area contributed by atoms with E-state index in [1.54, 1.807) is 24.3 Å². The first-order chi connectivity index (χ1) is 13.0. The molecule has 0 saturated heterocycles. The summed E-state index contributed by atoms with van der Waals surface area (Å²) in [6, 6.07) is 8.61. The van der Waals surface area contributed by atoms with Crippen LogP contribution >= 0.6 is 11.3 Å². The molecule has 0 fully saturated rings. The number of nitrogens with two attached hydrogens (primary N) is 2. The van der Waals surface area contributed by atoms with Gasteiger partial charge in [0.1, 0.15) is 22.0 Å². The number of hydrogen-bond donors (Lipinski definition) is 2. The Morgan fingerprint density at radius 1 is 1.30 bits per heavy atom. The summed E-state index contributed by atoms with van der Waals surface area (Å²) in [5.74, 6) is -0.892. The fraction of sp³-hybridized carbons (Fsp3) is 0.0556. The zero-order valence-corrected chi connectivity index (χ0v) is 14.5. The van der Waals surface area contributed by atoms with E-state index < -0.39 is 17.4 Å². The van der Waals surface area contributed by atoms with E-state index in [0.29, 0.717) is 16.1 Å². The molecule has 0 bridgehead atoms. The normalized spacial score (nSPS) is 17.1. The molecule has 4 rings (SSSR count). The maximum absolute atomic E-state index is 12.9. The van der Waals surface area contributed by atoms with Crippen molar-refractivity contribution in [3.63, 3.8) is 0 Å². The Morgan fingerprint density at radius 3 is 2.63 bits per heavy atom. The number of furan rings is 2. The Kier molecular flexibility index (Phi) is 3.83. The lowest BCUT2D eigenvalue weighted by atomic mass is 9.87. The van der Waals surface area contributed by atoms with Crippen LogP contribution in [-0.4, -0.2) is 10.5 Å². The number of aromatic nitrogens is 1. The minimum absolute atomic E-state index is 0.0238. The van der Waals surface area contributed by atoms with Crippen LogP contribution in [0, 0.1) is 11.3 Å². The van der Waals surface area contributed by atoms with Crippen molar-refractivity contribution in [2.75, 3.05) is 0 Å². The van der Waals surface area contributed by atoms with E-state index in [0.717, 1.165) is 15.9 Å². The zero-order chi connectivity index (χ0) is 19.1. The molecule has 1 aliphatic rings. The highest BCUT2D eigenvalue weighted by molar-refractivity contribution is 7.07. The Balaban J connectivity index is 2.13. The molecule has 8 nitrogen and oxygen atoms in total. The summed E-state index contributed by atoms with van der Waals surface area (Å²) in [7, 11) is 0. The number of allylic oxidation sites excluding steroid dienone is 1. The zero-order valence-electron chi connectivity index (χ0n) is 13.7. The van der Waals surface area contributed by atoms with Crippen molar-refractivity contribution >= 4 is 34.7 Å². The number of fused-ring (bicyclic) bond motifs is 1. The number of carbonyl (C=O) groups excluding carboxylic acids is 1. The van der Waals surface area contributed by atoms with Crippen LogP contribution in [0.25, 0.3) is 17.5 Å². The largest absolute Gasteiger partial charge is 0.468 e. The lowest BCUT2D eigenvalue weighted by Crippen LogP contribution is -2.40. The fourth-order valence-corrected chi connectivity index (χ4v) is 4.19. The van der Waals surface area contributed by atoms with Crippen molar-refractivity contribution in [1.29, 1.82) is 5.26 Å². The van der Waals surface area contributed by atoms with Gasteiger partial charge in [-0.15, -0.1) is 11.3 Å². The Bertz CT molecular complexity index is 1280. The molecule has 1 aliphatic heterocycles. The molecule has 3 aromatic rings. The highest BCUT2D eigenvalue weighted by Crippen LogP contribution is 2.35. The van der Waals surface area contributed by atoms with Gasteiger partial charge in [-0.05, 0) is 24.3 Å². The molecule has 1 amide bonds. The summed E-state index contributed by atoms with van der Waals surface area (Å²) < 4.78 is 12.3. The number of hydrogen-bond acceptors (Lipinski definition) is 7. The standard InChI is InChI=1S/C18H12N4O4S/c19-8-10-13(11-4-2-6-26-11)14(16(21)23)18-22(15(10)20)17(24)12(27-18)7-9-3-1-5-25-9/h1-7,13H,20H2,(H2,21,23)/b12-7-. The van der Waals surface area contributed by atoms with Gasteiger partial charge in [0.25, 0.3) is 5.56 Å². The number of rotatable bonds is 3. The molecule has 134 valence electrons. The van der Waals surface area contributed by atoms with Crippen LogP contribution in [0.1, 0.15) is 17.4 Å². The van der Waals surface area contributed by atoms with Gasteiger partial charge in [0.05, 0.1) is 40.2 Å². The van der Waals surface area contributed by atoms with Crippen LogP contribution in [0.5, 0.6) is 0 Å². The molecule has 3 aromatic heterocycles. The van der Waals surface area contributed by atoms with Crippen molar-refractivity contribution in [1.82, 2.24) is 4.57 Å². The number of amides is 1. The van der Waals surface area contributed by atoms with E-state index in [-0.39, 0.29) is 21.6 Å². The first-order valence-corrected chi connectivity index (χ1v) is 8.59. The molecular weight excluding hydrogens is 368 g/mol. The number of primary amides is 1. The fourth-order valence-electron chi connectivity index (χ4n) is 3.03. The molecule has 0 spiro atoms. The van der Waals surface area contributed by atoms with E-state index in [9.17, 15) is 14.9 Å². The molecule has 9 heteroatoms. The Hall–Kier alpha value is -3.77. The first kappa shape index (κ1) is 16.7. The second-order valence-electron chi connectivity index (χ2n) is 5.71. The quantitative estimate of drug-likeness (QED) is 0.655. The lowest BCUT2D eigenvalue weighted by molar-refractivity contribution is -0.113. The summed E-state index contributed by atoms with van der Waals surface area (Å²) in [6.07, 6.45) is 4.44. The third-order valence-electron chi connectivity index (χ3n) is 4.18. The average Bonchev–Trinajstić information content (AvgIpc) is 3.37. The molecule has 4 heterocycles. The van der Waals surface area contributed by atoms with Crippen LogP contribution < -0.4 is 26.2 Å². The molecule has 0 aliphatic carbocycles. The predicted molar refractivity (Wildman–Crippen MR) is 97.2 cm³/mol. The second-order valence-corrected chi connectivity index (χ2v) is 6.74. The van der Waals surface area contributed by atoms with Gasteiger partial charge in [-0.3, -0.25) is 14.2 Å². The van der Waals surface area contributed by atoms with E-state index in [1.165, 1.54) is 18.6 Å². The highest BCUT2D eigenvalue weighted by Gasteiger charge is 2.36. The molecule has 0 aromatic carbocycles. The molecule has 27 heavy (non-hydrogen) atoms. The molecular formula is C18H12N4O4S. The van der Waals surface area contributed by atoms with E-state index in [2.05, 4.69) is 0 Å². The van der Waals surface area contributed by atoms with Crippen LogP contribution in [-0.2, 0) is 4.79 Å². The van der Waals surface area contributed by atoms with Gasteiger partial charge in [0.2, 0.25) is 5.91 Å². The average molecular weight is 380 g/mol. The van der Waals surface area contributed by atoms with Gasteiger partial charge in [-0.1, -0.05) is 0 Å². The summed E-state index contributed by atoms with van der Waals surface area (Å²) in [5, 5.41) is 9.63. The van der Waals surface area contributed by atoms with Crippen molar-refractivity contribution < 1.29 is 13.6 Å². The Labute approximate surface area is 155 Å². The van der Waals surface area contributed by atoms with Gasteiger partial charge in [0.15, 0.2) is 0 Å². The number of thiazole rings is 1. The summed E-state index contributed by atoms with van der Waals surface area (Å²) in [4.78, 5) is 25.1. The maximum atomic E-state index is 12.9. The Morgan fingerprint density at radius 2 is 2.04 bits per heavy atom. The van der Waals surface area contributed by atoms with E-state index >= 15 is 0 Å². The lowest BCUT2D eigenvalue weighted by Gasteiger charge is -2.22. The second kappa shape index (κ2) is 6.19. The third kappa shape index (κ3) is 2.51. The van der Waals surface area contributed by atoms with Gasteiger partial charge in [0, 0.05) is 6.08 Å². The topological polar surface area (TPSA) is 141 Å². The molecule has 0 saturated carbocycles. The van der Waals surface area contributed by atoms with Gasteiger partial charge < -0.3 is 20.3 Å². The van der Waals surface area contributed by atoms with Gasteiger partial charge in [-0.25, -0.2) is 0 Å². The summed E-state index contributed by atoms with van der Waals surface area (Å²) in [5.41, 5.74) is 11.4. The maximum Gasteiger partial charge on any atom is 0.274 e. The number of carbonyl (C=O) groups is 1. The summed E-state index contributed by atoms with van der Waals surface area (Å²) in [6.45, 7) is 0. The minimum atomic E-state index is -0.878. The molecule has 1 unspecified atom stereocenters. The SMILES string of the molecule is N#CC1=C(N)n2c(s/c(=C\c3ccco3)c2=O)=C(C(N)=O)C1c1ccco1. The molecule has 4 N–H and O–H groups in total. The third-order valence-corrected chi connectivity index (χ3v) is 5.29. The van der Waals surface area contributed by atoms with Gasteiger partial charge in [-0.2, -0.15) is 5.26 Å². The van der Waals surface area contributed by atoms with Crippen molar-refractivity contribution in [2.24, 2.45) is 11.5 Å². The smallest absolute Gasteiger partial charge is 0.274 e. The van der Waals surface area contributed by atoms with Gasteiger partial charge >= 0.3 is 0 Å². The monoisotopic (exact) mass is 380 g/mol. The van der Waals surface area contributed by atoms with Crippen molar-refractivity contribution in [3.05, 3.63) is 73.4 Å². The highest BCUT2D eigenvalue weighted by atomic mass is 32.1. The number of nitrogens with zero attached hydrogens (tertiary/aromatic N) is 2. The van der Waals surface area contributed by atoms with Crippen LogP contribution in [0.15, 0.2) is 56.0 Å². The molecule has 0 radical (unpaired) electrons. The first-order valence-electron chi connectivity index (χ1n) is 7.77. The van der Waals surface area contributed by atoms with Crippen LogP contribution in [0.4, 0.5) is 0 Å². The minimum Gasteiger partial charge on any atom is -0.468 e.